The fraction of sp³-hybridized carbons (Fsp3) is 0.625. The minimum absolute atomic E-state index is 0.800. The van der Waals surface area contributed by atoms with Gasteiger partial charge in [0.15, 0.2) is 0 Å². The van der Waals surface area contributed by atoms with Crippen molar-refractivity contribution in [2.45, 2.75) is 45.1 Å². The molecule has 0 saturated heterocycles. The third-order valence-electron chi connectivity index (χ3n) is 3.99. The molecule has 0 bridgehead atoms. The van der Waals surface area contributed by atoms with E-state index in [-0.39, 0.29) is 0 Å². The molecule has 1 N–H and O–H groups in total. The maximum atomic E-state index is 3.68. The van der Waals surface area contributed by atoms with E-state index in [1.54, 1.807) is 0 Å². The van der Waals surface area contributed by atoms with Gasteiger partial charge in [0.1, 0.15) is 0 Å². The Kier molecular flexibility index (Phi) is 5.06. The molecule has 0 amide bonds. The molecular weight excluding hydrogens is 220 g/mol. The van der Waals surface area contributed by atoms with Gasteiger partial charge in [0.05, 0.1) is 0 Å². The zero-order valence-corrected chi connectivity index (χ0v) is 11.8. The molecule has 2 heteroatoms. The summed E-state index contributed by atoms with van der Waals surface area (Å²) < 4.78 is 0. The van der Waals surface area contributed by atoms with Crippen LogP contribution in [0.3, 0.4) is 0 Å². The number of nitrogens with one attached hydrogen (secondary N) is 1. The molecule has 1 aliphatic rings. The Morgan fingerprint density at radius 1 is 1.22 bits per heavy atom. The molecule has 1 fully saturated rings. The molecule has 18 heavy (non-hydrogen) atoms. The van der Waals surface area contributed by atoms with Gasteiger partial charge < -0.3 is 10.2 Å². The van der Waals surface area contributed by atoms with Gasteiger partial charge in [0, 0.05) is 25.3 Å². The molecule has 2 nitrogen and oxygen atoms in total. The first-order valence-corrected chi connectivity index (χ1v) is 7.27. The second-order valence-corrected chi connectivity index (χ2v) is 5.50. The molecule has 0 aliphatic heterocycles. The smallest absolute Gasteiger partial charge is 0.0393 e. The number of benzene rings is 1. The molecule has 1 aliphatic carbocycles. The van der Waals surface area contributed by atoms with Crippen molar-refractivity contribution in [3.05, 3.63) is 29.8 Å². The largest absolute Gasteiger partial charge is 0.374 e. The van der Waals surface area contributed by atoms with Gasteiger partial charge in [-0.25, -0.2) is 0 Å². The molecule has 1 aromatic carbocycles. The molecule has 0 radical (unpaired) electrons. The molecule has 0 heterocycles. The summed E-state index contributed by atoms with van der Waals surface area (Å²) >= 11 is 0. The molecular formula is C16H26N2. The van der Waals surface area contributed by atoms with Crippen molar-refractivity contribution >= 4 is 5.69 Å². The van der Waals surface area contributed by atoms with Crippen LogP contribution in [0.25, 0.3) is 0 Å². The van der Waals surface area contributed by atoms with Crippen LogP contribution in [0.15, 0.2) is 24.3 Å². The average molecular weight is 246 g/mol. The molecule has 1 saturated carbocycles. The minimum Gasteiger partial charge on any atom is -0.374 e. The standard InChI is InChI=1S/C16H26N2/c1-14-8-3-6-11-16(14)18(2)13-7-12-17-15-9-4-5-10-15/h3,6,8,11,15,17H,4-5,7,9-10,12-13H2,1-2H3. The van der Waals surface area contributed by atoms with E-state index in [1.807, 2.05) is 0 Å². The van der Waals surface area contributed by atoms with Crippen molar-refractivity contribution < 1.29 is 0 Å². The van der Waals surface area contributed by atoms with Crippen LogP contribution in [0.1, 0.15) is 37.7 Å². The molecule has 100 valence electrons. The summed E-state index contributed by atoms with van der Waals surface area (Å²) in [4.78, 5) is 2.37. The Morgan fingerprint density at radius 3 is 2.67 bits per heavy atom. The van der Waals surface area contributed by atoms with Crippen LogP contribution in [-0.2, 0) is 0 Å². The van der Waals surface area contributed by atoms with Crippen LogP contribution in [0.2, 0.25) is 0 Å². The fourth-order valence-corrected chi connectivity index (χ4v) is 2.86. The van der Waals surface area contributed by atoms with Crippen molar-refractivity contribution in [3.8, 4) is 0 Å². The van der Waals surface area contributed by atoms with Crippen LogP contribution >= 0.6 is 0 Å². The first-order chi connectivity index (χ1) is 8.77. The highest BCUT2D eigenvalue weighted by Gasteiger charge is 2.13. The summed E-state index contributed by atoms with van der Waals surface area (Å²) in [5.74, 6) is 0. The van der Waals surface area contributed by atoms with Crippen LogP contribution in [0, 0.1) is 6.92 Å². The number of hydrogen-bond acceptors (Lipinski definition) is 2. The normalized spacial score (nSPS) is 16.1. The highest BCUT2D eigenvalue weighted by molar-refractivity contribution is 5.52. The van der Waals surface area contributed by atoms with Gasteiger partial charge >= 0.3 is 0 Å². The van der Waals surface area contributed by atoms with Crippen molar-refractivity contribution in [2.75, 3.05) is 25.0 Å². The molecule has 2 rings (SSSR count). The van der Waals surface area contributed by atoms with E-state index in [2.05, 4.69) is 48.5 Å². The number of rotatable bonds is 6. The number of nitrogens with zero attached hydrogens (tertiary/aromatic N) is 1. The Bertz CT molecular complexity index is 356. The predicted molar refractivity (Wildman–Crippen MR) is 79.3 cm³/mol. The van der Waals surface area contributed by atoms with Gasteiger partial charge in [-0.1, -0.05) is 31.0 Å². The zero-order chi connectivity index (χ0) is 12.8. The Balaban J connectivity index is 1.68. The van der Waals surface area contributed by atoms with E-state index in [4.69, 9.17) is 0 Å². The van der Waals surface area contributed by atoms with Gasteiger partial charge in [0.2, 0.25) is 0 Å². The lowest BCUT2D eigenvalue weighted by Gasteiger charge is -2.22. The predicted octanol–water partition coefficient (Wildman–Crippen LogP) is 3.35. The van der Waals surface area contributed by atoms with E-state index in [9.17, 15) is 0 Å². The fourth-order valence-electron chi connectivity index (χ4n) is 2.86. The van der Waals surface area contributed by atoms with E-state index in [0.29, 0.717) is 0 Å². The summed E-state index contributed by atoms with van der Waals surface area (Å²) in [7, 11) is 2.19. The van der Waals surface area contributed by atoms with E-state index >= 15 is 0 Å². The highest BCUT2D eigenvalue weighted by Crippen LogP contribution is 2.19. The lowest BCUT2D eigenvalue weighted by molar-refractivity contribution is 0.515. The maximum absolute atomic E-state index is 3.68. The van der Waals surface area contributed by atoms with Crippen LogP contribution in [-0.4, -0.2) is 26.2 Å². The highest BCUT2D eigenvalue weighted by atomic mass is 15.1. The Labute approximate surface area is 111 Å². The van der Waals surface area contributed by atoms with Gasteiger partial charge in [-0.15, -0.1) is 0 Å². The second kappa shape index (κ2) is 6.79. The monoisotopic (exact) mass is 246 g/mol. The first kappa shape index (κ1) is 13.4. The third kappa shape index (κ3) is 3.74. The van der Waals surface area contributed by atoms with Crippen LogP contribution in [0.5, 0.6) is 0 Å². The van der Waals surface area contributed by atoms with Crippen molar-refractivity contribution in [2.24, 2.45) is 0 Å². The van der Waals surface area contributed by atoms with Crippen molar-refractivity contribution in [1.29, 1.82) is 0 Å². The average Bonchev–Trinajstić information content (AvgIpc) is 2.88. The van der Waals surface area contributed by atoms with E-state index < -0.39 is 0 Å². The van der Waals surface area contributed by atoms with Gasteiger partial charge in [-0.3, -0.25) is 0 Å². The molecule has 0 unspecified atom stereocenters. The summed E-state index contributed by atoms with van der Waals surface area (Å²) in [6.45, 7) is 4.47. The number of anilines is 1. The minimum atomic E-state index is 0.800. The van der Waals surface area contributed by atoms with Crippen molar-refractivity contribution in [1.82, 2.24) is 5.32 Å². The topological polar surface area (TPSA) is 15.3 Å². The Morgan fingerprint density at radius 2 is 1.94 bits per heavy atom. The number of para-hydroxylation sites is 1. The first-order valence-electron chi connectivity index (χ1n) is 7.27. The lowest BCUT2D eigenvalue weighted by atomic mass is 10.2. The molecule has 0 atom stereocenters. The number of hydrogen-bond donors (Lipinski definition) is 1. The zero-order valence-electron chi connectivity index (χ0n) is 11.8. The SMILES string of the molecule is Cc1ccccc1N(C)CCCNC1CCCC1. The Hall–Kier alpha value is -1.02. The van der Waals surface area contributed by atoms with Gasteiger partial charge in [-0.05, 0) is 44.4 Å². The molecule has 0 aromatic heterocycles. The quantitative estimate of drug-likeness (QED) is 0.774. The summed E-state index contributed by atoms with van der Waals surface area (Å²) in [6.07, 6.45) is 6.82. The van der Waals surface area contributed by atoms with E-state index in [0.717, 1.165) is 19.1 Å². The van der Waals surface area contributed by atoms with Crippen LogP contribution in [0.4, 0.5) is 5.69 Å². The van der Waals surface area contributed by atoms with Gasteiger partial charge in [0.25, 0.3) is 0 Å². The summed E-state index contributed by atoms with van der Waals surface area (Å²) in [6, 6.07) is 9.42. The van der Waals surface area contributed by atoms with Crippen molar-refractivity contribution in [3.63, 3.8) is 0 Å². The van der Waals surface area contributed by atoms with Crippen LogP contribution < -0.4 is 10.2 Å². The summed E-state index contributed by atoms with van der Waals surface area (Å²) in [5.41, 5.74) is 2.72. The van der Waals surface area contributed by atoms with Gasteiger partial charge in [-0.2, -0.15) is 0 Å². The summed E-state index contributed by atoms with van der Waals surface area (Å²) in [5, 5.41) is 3.68. The molecule has 1 aromatic rings. The maximum Gasteiger partial charge on any atom is 0.0393 e. The second-order valence-electron chi connectivity index (χ2n) is 5.50. The molecule has 0 spiro atoms. The lowest BCUT2D eigenvalue weighted by Crippen LogP contribution is -2.30. The number of aryl methyl sites for hydroxylation is 1. The third-order valence-corrected chi connectivity index (χ3v) is 3.99. The van der Waals surface area contributed by atoms with E-state index in [1.165, 1.54) is 43.4 Å².